The zero-order valence-electron chi connectivity index (χ0n) is 36.5. The van der Waals surface area contributed by atoms with Gasteiger partial charge < -0.3 is 10.1 Å². The number of hydrogen-bond acceptors (Lipinski definition) is 4. The van der Waals surface area contributed by atoms with Crippen molar-refractivity contribution in [2.75, 3.05) is 0 Å². The maximum Gasteiger partial charge on any atom is 0.306 e. The Kier molecular flexibility index (Phi) is 27.8. The van der Waals surface area contributed by atoms with Crippen LogP contribution in [0.3, 0.4) is 0 Å². The number of allylic oxidation sites excluding steroid dienone is 1. The lowest BCUT2D eigenvalue weighted by atomic mass is 9.69. The Morgan fingerprint density at radius 2 is 1.60 bits per heavy atom. The SMILES string of the molecule is C=C(CCC)C1=C(c2cc(CCCC#N)c(Br)c(F)c2CCC)C(CC)(CCCC(C)CC(=O)OC(C)(C)C)C(=O)N1.CC.CC.CCC(CC)CC. The van der Waals surface area contributed by atoms with Gasteiger partial charge in [-0.15, -0.1) is 0 Å². The molecule has 0 bridgehead atoms. The van der Waals surface area contributed by atoms with Crippen molar-refractivity contribution in [3.05, 3.63) is 50.9 Å². The Labute approximate surface area is 334 Å². The van der Waals surface area contributed by atoms with Gasteiger partial charge in [-0.3, -0.25) is 9.59 Å². The lowest BCUT2D eigenvalue weighted by Crippen LogP contribution is -2.34. The number of aryl methyl sites for hydroxylation is 1. The zero-order chi connectivity index (χ0) is 41.4. The second-order valence-electron chi connectivity index (χ2n) is 14.8. The van der Waals surface area contributed by atoms with E-state index in [2.05, 4.69) is 61.6 Å². The minimum Gasteiger partial charge on any atom is -0.460 e. The fraction of sp³-hybridized carbons (Fsp3) is 0.717. The van der Waals surface area contributed by atoms with E-state index in [4.69, 9.17) is 10.00 Å². The monoisotopic (exact) mass is 805 g/mol. The highest BCUT2D eigenvalue weighted by atomic mass is 79.9. The summed E-state index contributed by atoms with van der Waals surface area (Å²) in [6, 6.07) is 4.22. The summed E-state index contributed by atoms with van der Waals surface area (Å²) in [4.78, 5) is 26.4. The molecule has 0 spiro atoms. The van der Waals surface area contributed by atoms with Crippen LogP contribution in [0.4, 0.5) is 4.39 Å². The molecule has 7 heteroatoms. The van der Waals surface area contributed by atoms with Gasteiger partial charge in [-0.1, -0.05) is 128 Å². The van der Waals surface area contributed by atoms with Gasteiger partial charge >= 0.3 is 5.97 Å². The highest BCUT2D eigenvalue weighted by molar-refractivity contribution is 9.10. The molecule has 1 aliphatic heterocycles. The molecule has 0 saturated carbocycles. The minimum absolute atomic E-state index is 0.0659. The van der Waals surface area contributed by atoms with Gasteiger partial charge in [-0.25, -0.2) is 4.39 Å². The molecule has 2 atom stereocenters. The van der Waals surface area contributed by atoms with Crippen LogP contribution in [0.25, 0.3) is 5.57 Å². The van der Waals surface area contributed by atoms with Gasteiger partial charge in [0.05, 0.1) is 16.0 Å². The van der Waals surface area contributed by atoms with Crippen LogP contribution < -0.4 is 5.32 Å². The van der Waals surface area contributed by atoms with Gasteiger partial charge in [0, 0.05) is 18.5 Å². The number of carbonyl (C=O) groups excluding carboxylic acids is 2. The van der Waals surface area contributed by atoms with Gasteiger partial charge in [0.2, 0.25) is 5.91 Å². The second kappa shape index (κ2) is 28.0. The van der Waals surface area contributed by atoms with E-state index < -0.39 is 11.0 Å². The smallest absolute Gasteiger partial charge is 0.306 e. The van der Waals surface area contributed by atoms with Gasteiger partial charge in [0.15, 0.2) is 0 Å². The highest BCUT2D eigenvalue weighted by Crippen LogP contribution is 2.51. The molecule has 5 nitrogen and oxygen atoms in total. The molecule has 2 rings (SSSR count). The molecule has 2 unspecified atom stereocenters. The average Bonchev–Trinajstić information content (AvgIpc) is 3.41. The van der Waals surface area contributed by atoms with Crippen LogP contribution in [-0.4, -0.2) is 17.5 Å². The van der Waals surface area contributed by atoms with Gasteiger partial charge in [-0.2, -0.15) is 5.26 Å². The molecule has 1 aliphatic rings. The summed E-state index contributed by atoms with van der Waals surface area (Å²) in [6.45, 7) is 32.9. The van der Waals surface area contributed by atoms with Crippen molar-refractivity contribution in [3.8, 4) is 6.07 Å². The van der Waals surface area contributed by atoms with Crippen LogP contribution in [0.1, 0.15) is 197 Å². The maximum atomic E-state index is 16.1. The summed E-state index contributed by atoms with van der Waals surface area (Å²) in [6.07, 6.45) is 11.5. The number of halogens is 2. The van der Waals surface area contributed by atoms with Crippen molar-refractivity contribution in [2.45, 2.75) is 199 Å². The lowest BCUT2D eigenvalue weighted by Gasteiger charge is -2.31. The van der Waals surface area contributed by atoms with Crippen LogP contribution in [0, 0.1) is 34.4 Å². The van der Waals surface area contributed by atoms with E-state index in [9.17, 15) is 9.59 Å². The fourth-order valence-corrected chi connectivity index (χ4v) is 7.40. The molecule has 0 fully saturated rings. The molecule has 0 aromatic heterocycles. The molecule has 53 heavy (non-hydrogen) atoms. The van der Waals surface area contributed by atoms with E-state index in [1.54, 1.807) is 0 Å². The predicted octanol–water partition coefficient (Wildman–Crippen LogP) is 14.4. The first-order valence-electron chi connectivity index (χ1n) is 20.9. The van der Waals surface area contributed by atoms with E-state index in [0.29, 0.717) is 55.0 Å². The summed E-state index contributed by atoms with van der Waals surface area (Å²) >= 11 is 3.51. The highest BCUT2D eigenvalue weighted by Gasteiger charge is 2.48. The molecule has 304 valence electrons. The predicted molar refractivity (Wildman–Crippen MR) is 229 cm³/mol. The van der Waals surface area contributed by atoms with Crippen LogP contribution >= 0.6 is 15.9 Å². The van der Waals surface area contributed by atoms with Crippen molar-refractivity contribution >= 4 is 33.4 Å². The summed E-state index contributed by atoms with van der Waals surface area (Å²) in [5.41, 5.74) is 3.26. The molecule has 1 N–H and O–H groups in total. The Hall–Kier alpha value is -2.46. The normalized spacial score (nSPS) is 15.6. The fourth-order valence-electron chi connectivity index (χ4n) is 6.85. The van der Waals surface area contributed by atoms with E-state index in [1.165, 1.54) is 19.3 Å². The number of nitriles is 1. The number of ether oxygens (including phenoxy) is 1. The molecule has 0 radical (unpaired) electrons. The molecule has 1 aromatic carbocycles. The van der Waals surface area contributed by atoms with Crippen LogP contribution in [0.15, 0.2) is 28.4 Å². The number of carbonyl (C=O) groups is 2. The Morgan fingerprint density at radius 1 is 1.02 bits per heavy atom. The maximum absolute atomic E-state index is 16.1. The zero-order valence-corrected chi connectivity index (χ0v) is 38.1. The van der Waals surface area contributed by atoms with Crippen LogP contribution in [0.5, 0.6) is 0 Å². The van der Waals surface area contributed by atoms with Gasteiger partial charge in [0.25, 0.3) is 0 Å². The van der Waals surface area contributed by atoms with E-state index in [0.717, 1.165) is 66.0 Å². The largest absolute Gasteiger partial charge is 0.460 e. The standard InChI is InChI=1S/C35H50BrFN2O3.C7H16.2C2H6/c1-9-15-24(5)32-29(27-22-25(18-12-13-20-38)30(36)31(37)26(27)16-10-2)35(11-3,33(41)39-32)19-14-17-23(4)21-28(40)42-34(6,7)8;1-4-7(5-2)6-3;2*1-2/h22-23H,5,9-19,21H2,1-4,6-8H3,(H,39,41);7H,4-6H2,1-3H3;2*1-2H3. The number of unbranched alkanes of at least 4 members (excludes halogenated alkanes) is 1. The Balaban J connectivity index is 0. The number of hydrogen-bond donors (Lipinski definition) is 1. The van der Waals surface area contributed by atoms with Crippen molar-refractivity contribution in [1.29, 1.82) is 5.26 Å². The molecule has 1 aromatic rings. The minimum atomic E-state index is -0.843. The van der Waals surface area contributed by atoms with E-state index >= 15 is 4.39 Å². The number of nitrogens with one attached hydrogen (secondary N) is 1. The Morgan fingerprint density at radius 3 is 2.06 bits per heavy atom. The average molecular weight is 806 g/mol. The third-order valence-electron chi connectivity index (χ3n) is 9.77. The third kappa shape index (κ3) is 16.8. The number of nitrogens with zero attached hydrogens (tertiary/aromatic N) is 1. The topological polar surface area (TPSA) is 79.2 Å². The number of amides is 1. The van der Waals surface area contributed by atoms with Crippen molar-refractivity contribution in [1.82, 2.24) is 5.32 Å². The second-order valence-corrected chi connectivity index (χ2v) is 15.6. The first kappa shape index (κ1) is 52.6. The number of benzene rings is 1. The summed E-state index contributed by atoms with van der Waals surface area (Å²) in [7, 11) is 0. The summed E-state index contributed by atoms with van der Waals surface area (Å²) in [5.74, 6) is 0.525. The molecular weight excluding hydrogens is 727 g/mol. The third-order valence-corrected chi connectivity index (χ3v) is 10.6. The quantitative estimate of drug-likeness (QED) is 0.112. The molecule has 0 aliphatic carbocycles. The number of rotatable bonds is 19. The first-order chi connectivity index (χ1) is 25.1. The van der Waals surface area contributed by atoms with Crippen molar-refractivity contribution < 1.29 is 18.7 Å². The molecule has 1 amide bonds. The van der Waals surface area contributed by atoms with Gasteiger partial charge in [-0.05, 0) is 121 Å². The first-order valence-corrected chi connectivity index (χ1v) is 21.7. The van der Waals surface area contributed by atoms with Gasteiger partial charge in [0.1, 0.15) is 11.4 Å². The van der Waals surface area contributed by atoms with E-state index in [1.807, 2.05) is 75.3 Å². The van der Waals surface area contributed by atoms with Crippen molar-refractivity contribution in [3.63, 3.8) is 0 Å². The van der Waals surface area contributed by atoms with Crippen LogP contribution in [-0.2, 0) is 27.2 Å². The Bertz CT molecular complexity index is 1310. The molecular formula is C46H78BrFN2O3. The summed E-state index contributed by atoms with van der Waals surface area (Å²) < 4.78 is 22.0. The van der Waals surface area contributed by atoms with E-state index in [-0.39, 0.29) is 23.6 Å². The van der Waals surface area contributed by atoms with Crippen molar-refractivity contribution in [2.24, 2.45) is 17.3 Å². The van der Waals surface area contributed by atoms with Crippen LogP contribution in [0.2, 0.25) is 0 Å². The molecule has 1 heterocycles. The molecule has 0 saturated heterocycles. The summed E-state index contributed by atoms with van der Waals surface area (Å²) in [5, 5.41) is 12.3. The lowest BCUT2D eigenvalue weighted by molar-refractivity contribution is -0.155. The number of esters is 1.